The summed E-state index contributed by atoms with van der Waals surface area (Å²) in [5, 5.41) is 19.9. The van der Waals surface area contributed by atoms with Gasteiger partial charge in [-0.2, -0.15) is 10.2 Å². The molecule has 6 nitrogen and oxygen atoms in total. The molecular weight excluding hydrogens is 208 g/mol. The molecule has 0 aromatic carbocycles. The van der Waals surface area contributed by atoms with Crippen molar-refractivity contribution in [2.24, 2.45) is 0 Å². The molecule has 1 unspecified atom stereocenters. The number of carboxylic acid groups (broad SMARTS) is 1. The van der Waals surface area contributed by atoms with Gasteiger partial charge < -0.3 is 10.4 Å². The van der Waals surface area contributed by atoms with Crippen LogP contribution in [0.2, 0.25) is 0 Å². The van der Waals surface area contributed by atoms with E-state index in [1.165, 1.54) is 4.90 Å². The minimum atomic E-state index is -0.903. The van der Waals surface area contributed by atoms with Gasteiger partial charge in [-0.1, -0.05) is 0 Å². The summed E-state index contributed by atoms with van der Waals surface area (Å²) in [4.78, 5) is 12.6. The second-order valence-electron chi connectivity index (χ2n) is 3.77. The topological polar surface area (TPSA) is 78.3 Å². The van der Waals surface area contributed by atoms with Gasteiger partial charge in [0.2, 0.25) is 0 Å². The van der Waals surface area contributed by atoms with E-state index in [1.54, 1.807) is 18.3 Å². The molecule has 0 saturated carbocycles. The van der Waals surface area contributed by atoms with Crippen LogP contribution in [-0.4, -0.2) is 45.4 Å². The van der Waals surface area contributed by atoms with E-state index < -0.39 is 6.09 Å². The maximum atomic E-state index is 11.1. The van der Waals surface area contributed by atoms with Crippen molar-refractivity contribution in [2.75, 3.05) is 13.1 Å². The summed E-state index contributed by atoms with van der Waals surface area (Å²) in [6.07, 6.45) is 1.53. The van der Waals surface area contributed by atoms with Gasteiger partial charge in [-0.15, -0.1) is 0 Å². The van der Waals surface area contributed by atoms with Crippen LogP contribution in [0.4, 0.5) is 4.79 Å². The highest BCUT2D eigenvalue weighted by Crippen LogP contribution is 2.11. The van der Waals surface area contributed by atoms with E-state index in [2.05, 4.69) is 15.5 Å². The van der Waals surface area contributed by atoms with E-state index in [1.807, 2.05) is 0 Å². The van der Waals surface area contributed by atoms with E-state index in [-0.39, 0.29) is 6.04 Å². The fourth-order valence-electron chi connectivity index (χ4n) is 1.85. The highest BCUT2D eigenvalue weighted by atomic mass is 16.4. The van der Waals surface area contributed by atoms with Gasteiger partial charge in [-0.25, -0.2) is 4.79 Å². The lowest BCUT2D eigenvalue weighted by molar-refractivity contribution is 0.123. The van der Waals surface area contributed by atoms with Crippen molar-refractivity contribution in [2.45, 2.75) is 19.0 Å². The Morgan fingerprint density at radius 2 is 2.56 bits per heavy atom. The maximum Gasteiger partial charge on any atom is 0.407 e. The number of nitrogens with one attached hydrogen (secondary N) is 1. The molecule has 1 aliphatic rings. The Morgan fingerprint density at radius 1 is 1.69 bits per heavy atom. The van der Waals surface area contributed by atoms with Crippen LogP contribution >= 0.6 is 0 Å². The first-order valence-electron chi connectivity index (χ1n) is 5.24. The molecule has 1 fully saturated rings. The molecule has 2 N–H and O–H groups in total. The fourth-order valence-corrected chi connectivity index (χ4v) is 1.85. The predicted octanol–water partition coefficient (Wildman–Crippen LogP) is 0.318. The summed E-state index contributed by atoms with van der Waals surface area (Å²) in [6.45, 7) is 1.89. The molecule has 1 aliphatic heterocycles. The van der Waals surface area contributed by atoms with E-state index in [0.717, 1.165) is 13.0 Å². The van der Waals surface area contributed by atoms with Crippen molar-refractivity contribution in [3.05, 3.63) is 24.0 Å². The zero-order chi connectivity index (χ0) is 11.4. The van der Waals surface area contributed by atoms with Crippen molar-refractivity contribution in [3.63, 3.8) is 0 Å². The van der Waals surface area contributed by atoms with Crippen LogP contribution in [0.15, 0.2) is 18.3 Å². The normalized spacial score (nSPS) is 19.6. The standard InChI is InChI=1S/C10H14N4O2/c15-10(16)14(9-3-5-11-6-9)7-8-2-1-4-12-13-8/h1-2,4,9,11H,3,5-7H2,(H,15,16). The molecule has 6 heteroatoms. The molecule has 1 aromatic heterocycles. The summed E-state index contributed by atoms with van der Waals surface area (Å²) in [7, 11) is 0. The highest BCUT2D eigenvalue weighted by molar-refractivity contribution is 5.65. The summed E-state index contributed by atoms with van der Waals surface area (Å²) in [6, 6.07) is 3.58. The lowest BCUT2D eigenvalue weighted by Gasteiger charge is -2.24. The lowest BCUT2D eigenvalue weighted by atomic mass is 10.2. The summed E-state index contributed by atoms with van der Waals surface area (Å²) < 4.78 is 0. The molecule has 0 spiro atoms. The minimum Gasteiger partial charge on any atom is -0.465 e. The molecule has 86 valence electrons. The average molecular weight is 222 g/mol. The minimum absolute atomic E-state index is 0.0412. The largest absolute Gasteiger partial charge is 0.465 e. The Kier molecular flexibility index (Phi) is 3.31. The summed E-state index contributed by atoms with van der Waals surface area (Å²) in [5.74, 6) is 0. The van der Waals surface area contributed by atoms with Gasteiger partial charge in [0.1, 0.15) is 0 Å². The molecule has 1 saturated heterocycles. The van der Waals surface area contributed by atoms with Gasteiger partial charge in [0.15, 0.2) is 0 Å². The third-order valence-electron chi connectivity index (χ3n) is 2.68. The van der Waals surface area contributed by atoms with Crippen LogP contribution in [0.25, 0.3) is 0 Å². The third-order valence-corrected chi connectivity index (χ3v) is 2.68. The summed E-state index contributed by atoms with van der Waals surface area (Å²) >= 11 is 0. The van der Waals surface area contributed by atoms with Crippen molar-refractivity contribution < 1.29 is 9.90 Å². The van der Waals surface area contributed by atoms with E-state index in [4.69, 9.17) is 5.11 Å². The van der Waals surface area contributed by atoms with Gasteiger partial charge in [0.25, 0.3) is 0 Å². The SMILES string of the molecule is O=C(O)N(Cc1cccnn1)C1CCNC1. The van der Waals surface area contributed by atoms with Crippen molar-refractivity contribution in [1.82, 2.24) is 20.4 Å². The third kappa shape index (κ3) is 2.46. The first kappa shape index (κ1) is 10.8. The van der Waals surface area contributed by atoms with Crippen LogP contribution in [0, 0.1) is 0 Å². The van der Waals surface area contributed by atoms with Crippen molar-refractivity contribution >= 4 is 6.09 Å². The van der Waals surface area contributed by atoms with Gasteiger partial charge in [0.05, 0.1) is 12.2 Å². The maximum absolute atomic E-state index is 11.1. The van der Waals surface area contributed by atoms with E-state index in [9.17, 15) is 4.79 Å². The average Bonchev–Trinajstić information content (AvgIpc) is 2.80. The smallest absolute Gasteiger partial charge is 0.407 e. The molecule has 0 bridgehead atoms. The number of nitrogens with zero attached hydrogens (tertiary/aromatic N) is 3. The molecule has 0 aliphatic carbocycles. The van der Waals surface area contributed by atoms with Crippen LogP contribution in [-0.2, 0) is 6.54 Å². The Labute approximate surface area is 93.3 Å². The van der Waals surface area contributed by atoms with Gasteiger partial charge in [-0.05, 0) is 25.1 Å². The molecule has 1 amide bonds. The Bertz CT molecular complexity index is 351. The van der Waals surface area contributed by atoms with E-state index in [0.29, 0.717) is 18.8 Å². The Balaban J connectivity index is 2.05. The molecular formula is C10H14N4O2. The van der Waals surface area contributed by atoms with Gasteiger partial charge in [0, 0.05) is 18.8 Å². The zero-order valence-electron chi connectivity index (χ0n) is 8.83. The molecule has 1 atom stereocenters. The Morgan fingerprint density at radius 3 is 3.12 bits per heavy atom. The highest BCUT2D eigenvalue weighted by Gasteiger charge is 2.26. The van der Waals surface area contributed by atoms with Gasteiger partial charge >= 0.3 is 6.09 Å². The number of hydrogen-bond acceptors (Lipinski definition) is 4. The molecule has 16 heavy (non-hydrogen) atoms. The lowest BCUT2D eigenvalue weighted by Crippen LogP contribution is -2.40. The number of carbonyl (C=O) groups is 1. The predicted molar refractivity (Wildman–Crippen MR) is 56.9 cm³/mol. The monoisotopic (exact) mass is 222 g/mol. The van der Waals surface area contributed by atoms with Gasteiger partial charge in [-0.3, -0.25) is 4.90 Å². The molecule has 1 aromatic rings. The van der Waals surface area contributed by atoms with Crippen LogP contribution in [0.5, 0.6) is 0 Å². The number of rotatable bonds is 3. The second kappa shape index (κ2) is 4.89. The quantitative estimate of drug-likeness (QED) is 0.770. The van der Waals surface area contributed by atoms with Crippen LogP contribution < -0.4 is 5.32 Å². The Hall–Kier alpha value is -1.69. The number of hydrogen-bond donors (Lipinski definition) is 2. The number of amides is 1. The zero-order valence-corrected chi connectivity index (χ0v) is 8.83. The van der Waals surface area contributed by atoms with Crippen molar-refractivity contribution in [3.8, 4) is 0 Å². The van der Waals surface area contributed by atoms with Crippen molar-refractivity contribution in [1.29, 1.82) is 0 Å². The van der Waals surface area contributed by atoms with E-state index >= 15 is 0 Å². The number of aromatic nitrogens is 2. The molecule has 2 rings (SSSR count). The fraction of sp³-hybridized carbons (Fsp3) is 0.500. The molecule has 0 radical (unpaired) electrons. The first-order valence-corrected chi connectivity index (χ1v) is 5.24. The van der Waals surface area contributed by atoms with Crippen LogP contribution in [0.3, 0.4) is 0 Å². The summed E-state index contributed by atoms with van der Waals surface area (Å²) in [5.41, 5.74) is 0.678. The van der Waals surface area contributed by atoms with Crippen LogP contribution in [0.1, 0.15) is 12.1 Å². The second-order valence-corrected chi connectivity index (χ2v) is 3.77. The molecule has 2 heterocycles. The first-order chi connectivity index (χ1) is 7.77.